The largest absolute Gasteiger partial charge is 0.355 e. The van der Waals surface area contributed by atoms with Gasteiger partial charge in [0.15, 0.2) is 0 Å². The molecule has 0 radical (unpaired) electrons. The van der Waals surface area contributed by atoms with Gasteiger partial charge in [-0.15, -0.1) is 0 Å². The minimum Gasteiger partial charge on any atom is -0.355 e. The maximum atomic E-state index is 10.8. The van der Waals surface area contributed by atoms with Gasteiger partial charge in [-0.25, -0.2) is 0 Å². The van der Waals surface area contributed by atoms with Gasteiger partial charge in [-0.05, 0) is 37.0 Å². The zero-order valence-electron chi connectivity index (χ0n) is 10.8. The van der Waals surface area contributed by atoms with Crippen LogP contribution >= 0.6 is 11.6 Å². The molecule has 0 heterocycles. The molecule has 98 valence electrons. The summed E-state index contributed by atoms with van der Waals surface area (Å²) in [5.74, 6) is 0. The van der Waals surface area contributed by atoms with E-state index in [2.05, 4.69) is 24.4 Å². The van der Waals surface area contributed by atoms with Crippen LogP contribution in [0.3, 0.4) is 0 Å². The topological polar surface area (TPSA) is 29.1 Å². The summed E-state index contributed by atoms with van der Waals surface area (Å²) in [6.07, 6.45) is 6.50. The maximum absolute atomic E-state index is 10.8. The van der Waals surface area contributed by atoms with Crippen molar-refractivity contribution < 1.29 is 4.79 Å². The second-order valence-electron chi connectivity index (χ2n) is 5.14. The van der Waals surface area contributed by atoms with E-state index in [1.54, 1.807) is 0 Å². The van der Waals surface area contributed by atoms with Gasteiger partial charge in [0.1, 0.15) is 0 Å². The molecule has 1 N–H and O–H groups in total. The van der Waals surface area contributed by atoms with E-state index in [1.165, 1.54) is 12.0 Å². The van der Waals surface area contributed by atoms with Crippen molar-refractivity contribution >= 4 is 18.0 Å². The van der Waals surface area contributed by atoms with Crippen molar-refractivity contribution in [3.63, 3.8) is 0 Å². The second kappa shape index (κ2) is 5.75. The third-order valence-corrected chi connectivity index (χ3v) is 4.43. The summed E-state index contributed by atoms with van der Waals surface area (Å²) in [5.41, 5.74) is 1.44. The molecule has 0 aromatic heterocycles. The monoisotopic (exact) mass is 265 g/mol. The van der Waals surface area contributed by atoms with Crippen LogP contribution in [-0.4, -0.2) is 12.5 Å². The molecule has 2 rings (SSSR count). The molecule has 1 amide bonds. The molecule has 0 aliphatic heterocycles. The number of rotatable bonds is 6. The fourth-order valence-corrected chi connectivity index (χ4v) is 3.19. The molecule has 1 aliphatic carbocycles. The molecule has 1 aliphatic rings. The SMILES string of the molecule is CCCC(NC=O)C1(c2ccc(Cl)cc2)CCC1. The van der Waals surface area contributed by atoms with Crippen LogP contribution in [0.2, 0.25) is 5.02 Å². The molecule has 0 saturated heterocycles. The highest BCUT2D eigenvalue weighted by molar-refractivity contribution is 6.30. The first-order chi connectivity index (χ1) is 8.73. The maximum Gasteiger partial charge on any atom is 0.207 e. The van der Waals surface area contributed by atoms with Gasteiger partial charge in [-0.3, -0.25) is 4.79 Å². The van der Waals surface area contributed by atoms with Crippen LogP contribution in [0.5, 0.6) is 0 Å². The number of benzene rings is 1. The van der Waals surface area contributed by atoms with Crippen molar-refractivity contribution in [3.05, 3.63) is 34.9 Å². The standard InChI is InChI=1S/C15H20ClNO/c1-2-4-14(17-11-18)15(9-3-10-15)12-5-7-13(16)8-6-12/h5-8,11,14H,2-4,9-10H2,1H3,(H,17,18). The molecule has 1 aromatic rings. The van der Waals surface area contributed by atoms with E-state index in [-0.39, 0.29) is 11.5 Å². The number of amides is 1. The Hall–Kier alpha value is -1.02. The molecule has 0 spiro atoms. The number of nitrogens with one attached hydrogen (secondary N) is 1. The molecular weight excluding hydrogens is 246 g/mol. The smallest absolute Gasteiger partial charge is 0.207 e. The summed E-state index contributed by atoms with van der Waals surface area (Å²) in [4.78, 5) is 10.8. The van der Waals surface area contributed by atoms with Crippen LogP contribution in [0.25, 0.3) is 0 Å². The number of hydrogen-bond donors (Lipinski definition) is 1. The molecule has 1 atom stereocenters. The predicted molar refractivity (Wildman–Crippen MR) is 74.9 cm³/mol. The van der Waals surface area contributed by atoms with Crippen molar-refractivity contribution in [3.8, 4) is 0 Å². The Labute approximate surface area is 114 Å². The van der Waals surface area contributed by atoms with Crippen LogP contribution in [0, 0.1) is 0 Å². The van der Waals surface area contributed by atoms with Gasteiger partial charge in [0.05, 0.1) is 0 Å². The lowest BCUT2D eigenvalue weighted by molar-refractivity contribution is -0.111. The predicted octanol–water partition coefficient (Wildman–Crippen LogP) is 3.68. The van der Waals surface area contributed by atoms with Crippen molar-refractivity contribution in [2.75, 3.05) is 0 Å². The van der Waals surface area contributed by atoms with Crippen molar-refractivity contribution in [1.82, 2.24) is 5.32 Å². The fourth-order valence-electron chi connectivity index (χ4n) is 3.07. The zero-order valence-corrected chi connectivity index (χ0v) is 11.5. The van der Waals surface area contributed by atoms with Crippen LogP contribution < -0.4 is 5.32 Å². The Morgan fingerprint density at radius 3 is 2.50 bits per heavy atom. The van der Waals surface area contributed by atoms with Crippen LogP contribution in [0.15, 0.2) is 24.3 Å². The lowest BCUT2D eigenvalue weighted by Gasteiger charge is -2.48. The van der Waals surface area contributed by atoms with E-state index in [1.807, 2.05) is 12.1 Å². The molecule has 1 saturated carbocycles. The highest BCUT2D eigenvalue weighted by Crippen LogP contribution is 2.47. The molecule has 2 nitrogen and oxygen atoms in total. The molecule has 1 unspecified atom stereocenters. The zero-order chi connectivity index (χ0) is 13.0. The minimum absolute atomic E-state index is 0.126. The lowest BCUT2D eigenvalue weighted by Crippen LogP contribution is -2.52. The summed E-state index contributed by atoms with van der Waals surface area (Å²) in [5, 5.41) is 3.79. The Bertz CT molecular complexity index is 397. The quantitative estimate of drug-likeness (QED) is 0.781. The van der Waals surface area contributed by atoms with Crippen molar-refractivity contribution in [1.29, 1.82) is 0 Å². The molecule has 18 heavy (non-hydrogen) atoms. The van der Waals surface area contributed by atoms with Gasteiger partial charge in [-0.2, -0.15) is 0 Å². The Kier molecular flexibility index (Phi) is 4.28. The first-order valence-electron chi connectivity index (χ1n) is 6.68. The van der Waals surface area contributed by atoms with Crippen molar-refractivity contribution in [2.24, 2.45) is 0 Å². The number of hydrogen-bond acceptors (Lipinski definition) is 1. The molecular formula is C15H20ClNO. The normalized spacial score (nSPS) is 18.8. The average Bonchev–Trinajstić information content (AvgIpc) is 2.31. The Morgan fingerprint density at radius 1 is 1.39 bits per heavy atom. The van der Waals surface area contributed by atoms with Gasteiger partial charge in [-0.1, -0.05) is 43.5 Å². The van der Waals surface area contributed by atoms with Gasteiger partial charge in [0.25, 0.3) is 0 Å². The molecule has 1 fully saturated rings. The summed E-state index contributed by atoms with van der Waals surface area (Å²) in [7, 11) is 0. The molecule has 0 bridgehead atoms. The van der Waals surface area contributed by atoms with Crippen LogP contribution in [0.1, 0.15) is 44.6 Å². The highest BCUT2D eigenvalue weighted by atomic mass is 35.5. The first kappa shape index (κ1) is 13.4. The van der Waals surface area contributed by atoms with E-state index in [0.29, 0.717) is 0 Å². The Balaban J connectivity index is 2.27. The highest BCUT2D eigenvalue weighted by Gasteiger charge is 2.44. The summed E-state index contributed by atoms with van der Waals surface area (Å²) < 4.78 is 0. The van der Waals surface area contributed by atoms with Crippen LogP contribution in [0.4, 0.5) is 0 Å². The van der Waals surface area contributed by atoms with Gasteiger partial charge in [0, 0.05) is 16.5 Å². The number of carbonyl (C=O) groups is 1. The van der Waals surface area contributed by atoms with Gasteiger partial charge in [0.2, 0.25) is 6.41 Å². The van der Waals surface area contributed by atoms with Crippen molar-refractivity contribution in [2.45, 2.75) is 50.5 Å². The fraction of sp³-hybridized carbons (Fsp3) is 0.533. The Morgan fingerprint density at radius 2 is 2.06 bits per heavy atom. The molecule has 3 heteroatoms. The third-order valence-electron chi connectivity index (χ3n) is 4.18. The van der Waals surface area contributed by atoms with E-state index >= 15 is 0 Å². The van der Waals surface area contributed by atoms with Crippen LogP contribution in [-0.2, 0) is 10.2 Å². The van der Waals surface area contributed by atoms with E-state index in [0.717, 1.165) is 37.1 Å². The average molecular weight is 266 g/mol. The van der Waals surface area contributed by atoms with Gasteiger partial charge >= 0.3 is 0 Å². The minimum atomic E-state index is 0.126. The van der Waals surface area contributed by atoms with E-state index in [9.17, 15) is 4.79 Å². The lowest BCUT2D eigenvalue weighted by atomic mass is 9.59. The first-order valence-corrected chi connectivity index (χ1v) is 7.06. The number of halogens is 1. The van der Waals surface area contributed by atoms with Gasteiger partial charge < -0.3 is 5.32 Å². The second-order valence-corrected chi connectivity index (χ2v) is 5.58. The third kappa shape index (κ3) is 2.39. The summed E-state index contributed by atoms with van der Waals surface area (Å²) in [6, 6.07) is 8.35. The van der Waals surface area contributed by atoms with E-state index in [4.69, 9.17) is 11.6 Å². The number of carbonyl (C=O) groups excluding carboxylic acids is 1. The molecule has 1 aromatic carbocycles. The summed E-state index contributed by atoms with van der Waals surface area (Å²) in [6.45, 7) is 2.16. The van der Waals surface area contributed by atoms with E-state index < -0.39 is 0 Å². The summed E-state index contributed by atoms with van der Waals surface area (Å²) >= 11 is 5.95.